The number of carbonyl (C=O) groups excluding carboxylic acids is 1. The lowest BCUT2D eigenvalue weighted by atomic mass is 10.2. The van der Waals surface area contributed by atoms with E-state index in [1.165, 1.54) is 6.08 Å². The van der Waals surface area contributed by atoms with Gasteiger partial charge in [-0.15, -0.1) is 10.2 Å². The van der Waals surface area contributed by atoms with Gasteiger partial charge in [-0.25, -0.2) is 0 Å². The van der Waals surface area contributed by atoms with Crippen LogP contribution in [0.4, 0.5) is 0 Å². The number of hydrogen-bond donors (Lipinski definition) is 1. The standard InChI is InChI=1S/C16H12Cl2N4O/c17-12-5-6-13(18)11(9-12)4-7-16(23)19-10-15-21-20-14-3-1-2-8-22(14)15/h1-9H,10H2,(H,19,23). The highest BCUT2D eigenvalue weighted by Crippen LogP contribution is 2.21. The number of benzene rings is 1. The smallest absolute Gasteiger partial charge is 0.244 e. The van der Waals surface area contributed by atoms with Gasteiger partial charge in [-0.3, -0.25) is 9.20 Å². The zero-order chi connectivity index (χ0) is 16.2. The molecule has 0 atom stereocenters. The Hall–Kier alpha value is -2.37. The fraction of sp³-hybridized carbons (Fsp3) is 0.0625. The van der Waals surface area contributed by atoms with Crippen LogP contribution in [0.2, 0.25) is 10.0 Å². The minimum atomic E-state index is -0.256. The largest absolute Gasteiger partial charge is 0.345 e. The van der Waals surface area contributed by atoms with Crippen LogP contribution in [0.5, 0.6) is 0 Å². The first-order valence-electron chi connectivity index (χ1n) is 6.83. The number of nitrogens with one attached hydrogen (secondary N) is 1. The minimum absolute atomic E-state index is 0.256. The maximum atomic E-state index is 11.9. The number of hydrogen-bond acceptors (Lipinski definition) is 3. The highest BCUT2D eigenvalue weighted by molar-refractivity contribution is 6.34. The summed E-state index contributed by atoms with van der Waals surface area (Å²) in [6, 6.07) is 10.7. The highest BCUT2D eigenvalue weighted by Gasteiger charge is 2.05. The fourth-order valence-electron chi connectivity index (χ4n) is 2.04. The van der Waals surface area contributed by atoms with Crippen molar-refractivity contribution in [1.82, 2.24) is 19.9 Å². The van der Waals surface area contributed by atoms with Crippen LogP contribution < -0.4 is 5.32 Å². The van der Waals surface area contributed by atoms with Crippen LogP contribution in [0.15, 0.2) is 48.7 Å². The summed E-state index contributed by atoms with van der Waals surface area (Å²) >= 11 is 11.9. The predicted molar refractivity (Wildman–Crippen MR) is 90.3 cm³/mol. The van der Waals surface area contributed by atoms with Gasteiger partial charge in [-0.05, 0) is 42.0 Å². The number of halogens is 2. The van der Waals surface area contributed by atoms with Crippen LogP contribution in [0, 0.1) is 0 Å². The quantitative estimate of drug-likeness (QED) is 0.736. The number of carbonyl (C=O) groups is 1. The molecule has 0 fully saturated rings. The SMILES string of the molecule is O=C(C=Cc1cc(Cl)ccc1Cl)NCc1nnc2ccccn12. The molecule has 7 heteroatoms. The fourth-order valence-corrected chi connectivity index (χ4v) is 2.41. The zero-order valence-electron chi connectivity index (χ0n) is 11.9. The molecule has 1 aromatic carbocycles. The molecule has 0 aliphatic heterocycles. The topological polar surface area (TPSA) is 59.3 Å². The molecule has 23 heavy (non-hydrogen) atoms. The van der Waals surface area contributed by atoms with E-state index in [2.05, 4.69) is 15.5 Å². The third kappa shape index (κ3) is 3.70. The third-order valence-electron chi connectivity index (χ3n) is 3.18. The average Bonchev–Trinajstić information content (AvgIpc) is 2.97. The molecule has 0 aliphatic rings. The van der Waals surface area contributed by atoms with Crippen molar-refractivity contribution in [2.24, 2.45) is 0 Å². The van der Waals surface area contributed by atoms with Crippen molar-refractivity contribution >= 4 is 40.8 Å². The first-order valence-corrected chi connectivity index (χ1v) is 7.59. The molecule has 0 saturated heterocycles. The molecule has 2 aromatic heterocycles. The normalized spacial score (nSPS) is 11.2. The van der Waals surface area contributed by atoms with E-state index in [9.17, 15) is 4.79 Å². The molecule has 116 valence electrons. The van der Waals surface area contributed by atoms with Crippen molar-refractivity contribution in [2.75, 3.05) is 0 Å². The van der Waals surface area contributed by atoms with Crippen LogP contribution in [0.3, 0.4) is 0 Å². The molecule has 0 unspecified atom stereocenters. The van der Waals surface area contributed by atoms with Gasteiger partial charge in [0.15, 0.2) is 11.5 Å². The molecule has 0 saturated carbocycles. The van der Waals surface area contributed by atoms with Gasteiger partial charge in [0.05, 0.1) is 6.54 Å². The summed E-state index contributed by atoms with van der Waals surface area (Å²) in [6.07, 6.45) is 4.87. The maximum Gasteiger partial charge on any atom is 0.244 e. The molecule has 0 aliphatic carbocycles. The van der Waals surface area contributed by atoms with Gasteiger partial charge in [0.2, 0.25) is 5.91 Å². The van der Waals surface area contributed by atoms with E-state index in [4.69, 9.17) is 23.2 Å². The summed E-state index contributed by atoms with van der Waals surface area (Å²) in [5.41, 5.74) is 1.42. The van der Waals surface area contributed by atoms with E-state index in [0.717, 1.165) is 5.65 Å². The Bertz CT molecular complexity index is 889. The Balaban J connectivity index is 1.65. The van der Waals surface area contributed by atoms with Crippen LogP contribution in [-0.2, 0) is 11.3 Å². The van der Waals surface area contributed by atoms with Gasteiger partial charge < -0.3 is 5.32 Å². The van der Waals surface area contributed by atoms with Crippen LogP contribution in [0.25, 0.3) is 11.7 Å². The van der Waals surface area contributed by atoms with Gasteiger partial charge in [0.1, 0.15) is 0 Å². The molecule has 0 radical (unpaired) electrons. The molecule has 1 amide bonds. The van der Waals surface area contributed by atoms with Crippen LogP contribution in [-0.4, -0.2) is 20.5 Å². The number of fused-ring (bicyclic) bond motifs is 1. The van der Waals surface area contributed by atoms with Crippen molar-refractivity contribution in [3.63, 3.8) is 0 Å². The second-order valence-corrected chi connectivity index (χ2v) is 5.61. The summed E-state index contributed by atoms with van der Waals surface area (Å²) in [5, 5.41) is 11.9. The van der Waals surface area contributed by atoms with Crippen LogP contribution >= 0.6 is 23.2 Å². The second-order valence-electron chi connectivity index (χ2n) is 4.76. The summed E-state index contributed by atoms with van der Waals surface area (Å²) in [4.78, 5) is 11.9. The lowest BCUT2D eigenvalue weighted by Gasteiger charge is -2.02. The van der Waals surface area contributed by atoms with Crippen LogP contribution in [0.1, 0.15) is 11.4 Å². The lowest BCUT2D eigenvalue weighted by Crippen LogP contribution is -2.21. The molecule has 3 rings (SSSR count). The number of aromatic nitrogens is 3. The van der Waals surface area contributed by atoms with Gasteiger partial charge in [0, 0.05) is 22.3 Å². The molecule has 3 aromatic rings. The van der Waals surface area contributed by atoms with Gasteiger partial charge in [0.25, 0.3) is 0 Å². The van der Waals surface area contributed by atoms with Gasteiger partial charge >= 0.3 is 0 Å². The summed E-state index contributed by atoms with van der Waals surface area (Å²) in [7, 11) is 0. The van der Waals surface area contributed by atoms with Crippen molar-refractivity contribution in [3.8, 4) is 0 Å². The first-order chi connectivity index (χ1) is 11.1. The Labute approximate surface area is 142 Å². The molecule has 1 N–H and O–H groups in total. The Kier molecular flexibility index (Phi) is 4.60. The third-order valence-corrected chi connectivity index (χ3v) is 3.76. The summed E-state index contributed by atoms with van der Waals surface area (Å²) < 4.78 is 1.82. The number of rotatable bonds is 4. The number of amides is 1. The maximum absolute atomic E-state index is 11.9. The van der Waals surface area contributed by atoms with E-state index in [0.29, 0.717) is 21.4 Å². The molecular weight excluding hydrogens is 335 g/mol. The van der Waals surface area contributed by atoms with Gasteiger partial charge in [-0.2, -0.15) is 0 Å². The lowest BCUT2D eigenvalue weighted by molar-refractivity contribution is -0.116. The molecular formula is C16H12Cl2N4O. The second kappa shape index (κ2) is 6.81. The molecule has 0 spiro atoms. The Morgan fingerprint density at radius 1 is 1.22 bits per heavy atom. The van der Waals surface area contributed by atoms with E-state index in [1.54, 1.807) is 24.3 Å². The van der Waals surface area contributed by atoms with Crippen molar-refractivity contribution < 1.29 is 4.79 Å². The molecule has 0 bridgehead atoms. The van der Waals surface area contributed by atoms with Gasteiger partial charge in [-0.1, -0.05) is 29.3 Å². The Morgan fingerprint density at radius 2 is 2.09 bits per heavy atom. The summed E-state index contributed by atoms with van der Waals surface area (Å²) in [6.45, 7) is 0.275. The number of nitrogens with zero attached hydrogens (tertiary/aromatic N) is 3. The summed E-state index contributed by atoms with van der Waals surface area (Å²) in [5.74, 6) is 0.400. The number of pyridine rings is 1. The first kappa shape index (κ1) is 15.5. The zero-order valence-corrected chi connectivity index (χ0v) is 13.4. The van der Waals surface area contributed by atoms with E-state index < -0.39 is 0 Å². The predicted octanol–water partition coefficient (Wildman–Crippen LogP) is 3.37. The van der Waals surface area contributed by atoms with E-state index >= 15 is 0 Å². The van der Waals surface area contributed by atoms with E-state index in [1.807, 2.05) is 28.8 Å². The molecule has 2 heterocycles. The van der Waals surface area contributed by atoms with E-state index in [-0.39, 0.29) is 12.5 Å². The monoisotopic (exact) mass is 346 g/mol. The average molecular weight is 347 g/mol. The molecule has 5 nitrogen and oxygen atoms in total. The van der Waals surface area contributed by atoms with Crippen molar-refractivity contribution in [3.05, 3.63) is 70.1 Å². The van der Waals surface area contributed by atoms with Crippen molar-refractivity contribution in [2.45, 2.75) is 6.54 Å². The van der Waals surface area contributed by atoms with Crippen molar-refractivity contribution in [1.29, 1.82) is 0 Å². The minimum Gasteiger partial charge on any atom is -0.345 e. The highest BCUT2D eigenvalue weighted by atomic mass is 35.5. The Morgan fingerprint density at radius 3 is 2.96 bits per heavy atom.